The third-order valence-electron chi connectivity index (χ3n) is 7.22. The van der Waals surface area contributed by atoms with E-state index >= 15 is 0 Å². The molecule has 3 heterocycles. The predicted octanol–water partition coefficient (Wildman–Crippen LogP) is 1.59. The molecule has 0 bridgehead atoms. The molecule has 0 radical (unpaired) electrons. The average Bonchev–Trinajstić information content (AvgIpc) is 3.17. The second-order valence-corrected chi connectivity index (χ2v) is 8.83. The van der Waals surface area contributed by atoms with E-state index in [-0.39, 0.29) is 17.5 Å². The van der Waals surface area contributed by atoms with Crippen molar-refractivity contribution in [3.05, 3.63) is 0 Å². The van der Waals surface area contributed by atoms with Crippen LogP contribution in [0.3, 0.4) is 0 Å². The SMILES string of the molecule is CCCN1NC(=O)CC12CCN(C1CC3(CCN(C(=O)OC)C3)C1)CC2. The van der Waals surface area contributed by atoms with Crippen LogP contribution >= 0.6 is 0 Å². The fourth-order valence-electron chi connectivity index (χ4n) is 5.72. The monoisotopic (exact) mass is 364 g/mol. The first-order chi connectivity index (χ1) is 12.5. The number of carbonyl (C=O) groups is 2. The lowest BCUT2D eigenvalue weighted by atomic mass is 9.64. The highest BCUT2D eigenvalue weighted by Crippen LogP contribution is 2.51. The fourth-order valence-corrected chi connectivity index (χ4v) is 5.72. The Morgan fingerprint density at radius 1 is 1.23 bits per heavy atom. The molecule has 7 nitrogen and oxygen atoms in total. The van der Waals surface area contributed by atoms with E-state index in [1.807, 2.05) is 4.90 Å². The lowest BCUT2D eigenvalue weighted by molar-refractivity contribution is -0.121. The predicted molar refractivity (Wildman–Crippen MR) is 97.3 cm³/mol. The second-order valence-electron chi connectivity index (χ2n) is 8.83. The minimum atomic E-state index is -0.181. The van der Waals surface area contributed by atoms with Crippen LogP contribution in [0.4, 0.5) is 4.79 Å². The van der Waals surface area contributed by atoms with Crippen molar-refractivity contribution in [1.82, 2.24) is 20.2 Å². The van der Waals surface area contributed by atoms with Crippen molar-refractivity contribution in [2.45, 2.75) is 63.5 Å². The molecule has 0 atom stereocenters. The van der Waals surface area contributed by atoms with Crippen LogP contribution < -0.4 is 5.43 Å². The Labute approximate surface area is 156 Å². The number of piperidine rings is 1. The number of hydrogen-bond donors (Lipinski definition) is 1. The number of hydrazine groups is 1. The van der Waals surface area contributed by atoms with E-state index in [0.29, 0.717) is 17.9 Å². The normalized spacial score (nSPS) is 34.3. The average molecular weight is 364 g/mol. The summed E-state index contributed by atoms with van der Waals surface area (Å²) in [5.41, 5.74) is 3.44. The minimum Gasteiger partial charge on any atom is -0.453 e. The van der Waals surface area contributed by atoms with Gasteiger partial charge in [-0.25, -0.2) is 9.80 Å². The van der Waals surface area contributed by atoms with Gasteiger partial charge in [-0.05, 0) is 43.9 Å². The fraction of sp³-hybridized carbons (Fsp3) is 0.895. The number of methoxy groups -OCH3 is 1. The molecule has 1 aliphatic carbocycles. The highest BCUT2D eigenvalue weighted by atomic mass is 16.5. The molecule has 2 amide bonds. The zero-order valence-electron chi connectivity index (χ0n) is 16.1. The zero-order valence-corrected chi connectivity index (χ0v) is 16.1. The van der Waals surface area contributed by atoms with Crippen LogP contribution in [0.15, 0.2) is 0 Å². The molecule has 4 fully saturated rings. The van der Waals surface area contributed by atoms with Crippen LogP contribution in [-0.4, -0.2) is 78.2 Å². The number of likely N-dealkylation sites (tertiary alicyclic amines) is 2. The molecule has 146 valence electrons. The molecule has 7 heteroatoms. The summed E-state index contributed by atoms with van der Waals surface area (Å²) >= 11 is 0. The Morgan fingerprint density at radius 2 is 1.96 bits per heavy atom. The number of rotatable bonds is 3. The molecule has 26 heavy (non-hydrogen) atoms. The molecule has 0 aromatic rings. The first-order valence-electron chi connectivity index (χ1n) is 10.1. The van der Waals surface area contributed by atoms with Gasteiger partial charge in [0.15, 0.2) is 0 Å². The van der Waals surface area contributed by atoms with Crippen LogP contribution in [0.2, 0.25) is 0 Å². The third kappa shape index (κ3) is 2.99. The maximum Gasteiger partial charge on any atom is 0.409 e. The summed E-state index contributed by atoms with van der Waals surface area (Å²) in [6.45, 7) is 6.97. The number of carbonyl (C=O) groups excluding carboxylic acids is 2. The van der Waals surface area contributed by atoms with Crippen molar-refractivity contribution in [1.29, 1.82) is 0 Å². The Morgan fingerprint density at radius 3 is 2.62 bits per heavy atom. The number of ether oxygens (including phenoxy) is 1. The highest BCUT2D eigenvalue weighted by molar-refractivity contribution is 5.79. The molecule has 3 aliphatic heterocycles. The highest BCUT2D eigenvalue weighted by Gasteiger charge is 2.53. The molecule has 3 saturated heterocycles. The summed E-state index contributed by atoms with van der Waals surface area (Å²) < 4.78 is 4.87. The third-order valence-corrected chi connectivity index (χ3v) is 7.22. The van der Waals surface area contributed by atoms with Crippen LogP contribution in [0.5, 0.6) is 0 Å². The van der Waals surface area contributed by atoms with Gasteiger partial charge >= 0.3 is 6.09 Å². The van der Waals surface area contributed by atoms with Crippen LogP contribution in [-0.2, 0) is 9.53 Å². The number of nitrogens with one attached hydrogen (secondary N) is 1. The van der Waals surface area contributed by atoms with Crippen LogP contribution in [0.25, 0.3) is 0 Å². The van der Waals surface area contributed by atoms with E-state index in [1.165, 1.54) is 20.0 Å². The summed E-state index contributed by atoms with van der Waals surface area (Å²) in [5, 5.41) is 2.22. The van der Waals surface area contributed by atoms with E-state index in [1.54, 1.807) is 0 Å². The zero-order chi connectivity index (χ0) is 18.4. The van der Waals surface area contributed by atoms with Crippen molar-refractivity contribution >= 4 is 12.0 Å². The van der Waals surface area contributed by atoms with Crippen molar-refractivity contribution < 1.29 is 14.3 Å². The lowest BCUT2D eigenvalue weighted by Gasteiger charge is -2.53. The molecule has 0 aromatic carbocycles. The van der Waals surface area contributed by atoms with Gasteiger partial charge in [0, 0.05) is 45.2 Å². The van der Waals surface area contributed by atoms with Gasteiger partial charge in [-0.15, -0.1) is 0 Å². The van der Waals surface area contributed by atoms with E-state index in [2.05, 4.69) is 22.3 Å². The molecule has 1 N–H and O–H groups in total. The van der Waals surface area contributed by atoms with Gasteiger partial charge < -0.3 is 14.5 Å². The van der Waals surface area contributed by atoms with Gasteiger partial charge in [0.1, 0.15) is 0 Å². The van der Waals surface area contributed by atoms with Gasteiger partial charge in [-0.1, -0.05) is 6.92 Å². The quantitative estimate of drug-likeness (QED) is 0.824. The maximum absolute atomic E-state index is 12.0. The van der Waals surface area contributed by atoms with Gasteiger partial charge in [0.25, 0.3) is 0 Å². The number of amides is 2. The molecule has 2 spiro atoms. The molecule has 0 unspecified atom stereocenters. The van der Waals surface area contributed by atoms with Crippen molar-refractivity contribution in [3.63, 3.8) is 0 Å². The van der Waals surface area contributed by atoms with Crippen LogP contribution in [0, 0.1) is 5.41 Å². The molecule has 4 rings (SSSR count). The summed E-state index contributed by atoms with van der Waals surface area (Å²) in [7, 11) is 1.46. The van der Waals surface area contributed by atoms with Crippen molar-refractivity contribution in [2.75, 3.05) is 39.8 Å². The molecule has 0 aromatic heterocycles. The lowest BCUT2D eigenvalue weighted by Crippen LogP contribution is -2.59. The molecule has 4 aliphatic rings. The van der Waals surface area contributed by atoms with Crippen LogP contribution in [0.1, 0.15) is 51.9 Å². The summed E-state index contributed by atoms with van der Waals surface area (Å²) in [4.78, 5) is 28.2. The second kappa shape index (κ2) is 6.68. The Kier molecular flexibility index (Phi) is 4.63. The summed E-state index contributed by atoms with van der Waals surface area (Å²) in [6, 6.07) is 0.648. The van der Waals surface area contributed by atoms with E-state index in [0.717, 1.165) is 58.4 Å². The smallest absolute Gasteiger partial charge is 0.409 e. The topological polar surface area (TPSA) is 65.1 Å². The van der Waals surface area contributed by atoms with E-state index < -0.39 is 0 Å². The summed E-state index contributed by atoms with van der Waals surface area (Å²) in [5.74, 6) is 0.184. The Bertz CT molecular complexity index is 567. The van der Waals surface area contributed by atoms with E-state index in [9.17, 15) is 9.59 Å². The number of nitrogens with zero attached hydrogens (tertiary/aromatic N) is 3. The number of hydrogen-bond acceptors (Lipinski definition) is 5. The molecule has 1 saturated carbocycles. The van der Waals surface area contributed by atoms with Crippen molar-refractivity contribution in [3.8, 4) is 0 Å². The molecular weight excluding hydrogens is 332 g/mol. The maximum atomic E-state index is 12.0. The summed E-state index contributed by atoms with van der Waals surface area (Å²) in [6.07, 6.45) is 7.19. The van der Waals surface area contributed by atoms with E-state index in [4.69, 9.17) is 4.74 Å². The molecular formula is C19H32N4O3. The van der Waals surface area contributed by atoms with Gasteiger partial charge in [-0.3, -0.25) is 10.2 Å². The largest absolute Gasteiger partial charge is 0.453 e. The Hall–Kier alpha value is -1.34. The first-order valence-corrected chi connectivity index (χ1v) is 10.1. The van der Waals surface area contributed by atoms with Gasteiger partial charge in [0.2, 0.25) is 5.91 Å². The van der Waals surface area contributed by atoms with Gasteiger partial charge in [-0.2, -0.15) is 0 Å². The Balaban J connectivity index is 1.29. The minimum absolute atomic E-state index is 0.0417. The van der Waals surface area contributed by atoms with Crippen molar-refractivity contribution in [2.24, 2.45) is 5.41 Å². The standard InChI is InChI=1S/C19H32N4O3/c1-3-7-23-19(13-16(24)20-23)5-9-21(10-6-19)15-11-18(12-15)4-8-22(14-18)17(25)26-2/h15H,3-14H2,1-2H3,(H,20,24). The first kappa shape index (κ1) is 18.0. The van der Waals surface area contributed by atoms with Gasteiger partial charge in [0.05, 0.1) is 12.6 Å².